The molecule has 8 heteroatoms. The highest BCUT2D eigenvalue weighted by Gasteiger charge is 2.22. The maximum Gasteiger partial charge on any atom is 0.407 e. The first-order valence-electron chi connectivity index (χ1n) is 10.8. The Kier molecular flexibility index (Phi) is 8.27. The summed E-state index contributed by atoms with van der Waals surface area (Å²) in [7, 11) is 0. The Morgan fingerprint density at radius 1 is 1.12 bits per heavy atom. The standard InChI is InChI=1S/C25H28BrN3O4/c1-25(2,3)33-24(31)27-14-8-13-20(29-22(30)18-11-7-12-19(26)15-18)23-28-16-21(32-23)17-9-5-4-6-10-17/h4-7,9-12,15-16,20H,8,13-14H2,1-3H3,(H,27,31)(H,29,30)/t20-/m0/s1. The first-order valence-corrected chi connectivity index (χ1v) is 11.5. The quantitative estimate of drug-likeness (QED) is 0.366. The fourth-order valence-electron chi connectivity index (χ4n) is 3.12. The number of amides is 2. The minimum absolute atomic E-state index is 0.235. The smallest absolute Gasteiger partial charge is 0.407 e. The minimum Gasteiger partial charge on any atom is -0.444 e. The van der Waals surface area contributed by atoms with Crippen molar-refractivity contribution in [3.05, 3.63) is 76.7 Å². The summed E-state index contributed by atoms with van der Waals surface area (Å²) in [6.07, 6.45) is 2.29. The SMILES string of the molecule is CC(C)(C)OC(=O)NCCC[C@H](NC(=O)c1cccc(Br)c1)c1ncc(-c2ccccc2)o1. The molecule has 0 aliphatic rings. The highest BCUT2D eigenvalue weighted by atomic mass is 79.9. The van der Waals surface area contributed by atoms with E-state index in [-0.39, 0.29) is 5.91 Å². The Hall–Kier alpha value is -3.13. The predicted molar refractivity (Wildman–Crippen MR) is 130 cm³/mol. The Bertz CT molecular complexity index is 1080. The van der Waals surface area contributed by atoms with E-state index in [4.69, 9.17) is 9.15 Å². The van der Waals surface area contributed by atoms with Gasteiger partial charge in [-0.15, -0.1) is 0 Å². The Labute approximate surface area is 202 Å². The molecule has 2 amide bonds. The third kappa shape index (κ3) is 7.75. The molecule has 174 valence electrons. The molecule has 1 aromatic heterocycles. The van der Waals surface area contributed by atoms with Crippen LogP contribution in [0.2, 0.25) is 0 Å². The number of nitrogens with zero attached hydrogens (tertiary/aromatic N) is 1. The van der Waals surface area contributed by atoms with Crippen molar-refractivity contribution in [3.63, 3.8) is 0 Å². The summed E-state index contributed by atoms with van der Waals surface area (Å²) in [5.74, 6) is 0.800. The van der Waals surface area contributed by atoms with Gasteiger partial charge in [0.1, 0.15) is 11.6 Å². The van der Waals surface area contributed by atoms with Gasteiger partial charge < -0.3 is 19.8 Å². The maximum absolute atomic E-state index is 12.9. The van der Waals surface area contributed by atoms with Gasteiger partial charge in [0.2, 0.25) is 5.89 Å². The summed E-state index contributed by atoms with van der Waals surface area (Å²) in [4.78, 5) is 29.2. The van der Waals surface area contributed by atoms with Crippen LogP contribution < -0.4 is 10.6 Å². The number of oxazole rings is 1. The van der Waals surface area contributed by atoms with E-state index in [2.05, 4.69) is 31.5 Å². The van der Waals surface area contributed by atoms with Crippen molar-refractivity contribution in [2.75, 3.05) is 6.54 Å². The van der Waals surface area contributed by atoms with Crippen molar-refractivity contribution in [2.24, 2.45) is 0 Å². The van der Waals surface area contributed by atoms with Crippen LogP contribution >= 0.6 is 15.9 Å². The van der Waals surface area contributed by atoms with E-state index in [0.717, 1.165) is 10.0 Å². The zero-order valence-electron chi connectivity index (χ0n) is 18.9. The number of hydrogen-bond acceptors (Lipinski definition) is 5. The number of halogens is 1. The van der Waals surface area contributed by atoms with Crippen LogP contribution in [0.4, 0.5) is 4.79 Å². The number of alkyl carbamates (subject to hydrolysis) is 1. The van der Waals surface area contributed by atoms with Crippen molar-refractivity contribution in [1.29, 1.82) is 0 Å². The zero-order chi connectivity index (χ0) is 23.8. The minimum atomic E-state index is -0.559. The number of hydrogen-bond donors (Lipinski definition) is 2. The van der Waals surface area contributed by atoms with E-state index in [1.807, 2.05) is 57.2 Å². The Morgan fingerprint density at radius 2 is 1.88 bits per heavy atom. The molecule has 1 atom stereocenters. The lowest BCUT2D eigenvalue weighted by atomic mass is 10.1. The second-order valence-corrected chi connectivity index (χ2v) is 9.45. The fourth-order valence-corrected chi connectivity index (χ4v) is 3.52. The molecule has 0 radical (unpaired) electrons. The average Bonchev–Trinajstić information content (AvgIpc) is 3.25. The molecular weight excluding hydrogens is 486 g/mol. The second kappa shape index (κ2) is 11.1. The van der Waals surface area contributed by atoms with Crippen LogP contribution in [0, 0.1) is 0 Å². The van der Waals surface area contributed by atoms with Gasteiger partial charge in [-0.25, -0.2) is 9.78 Å². The first-order chi connectivity index (χ1) is 15.7. The van der Waals surface area contributed by atoms with Gasteiger partial charge in [0, 0.05) is 22.1 Å². The van der Waals surface area contributed by atoms with Gasteiger partial charge in [0.15, 0.2) is 5.76 Å². The number of rotatable bonds is 8. The molecule has 0 bridgehead atoms. The summed E-state index contributed by atoms with van der Waals surface area (Å²) in [5.41, 5.74) is 0.868. The van der Waals surface area contributed by atoms with Crippen LogP contribution in [0.25, 0.3) is 11.3 Å². The molecule has 0 unspecified atom stereocenters. The lowest BCUT2D eigenvalue weighted by Crippen LogP contribution is -2.34. The van der Waals surface area contributed by atoms with Crippen molar-refractivity contribution >= 4 is 27.9 Å². The molecule has 0 spiro atoms. The first kappa shape index (κ1) is 24.5. The van der Waals surface area contributed by atoms with Crippen molar-refractivity contribution in [2.45, 2.75) is 45.3 Å². The summed E-state index contributed by atoms with van der Waals surface area (Å²) < 4.78 is 12.1. The highest BCUT2D eigenvalue weighted by molar-refractivity contribution is 9.10. The van der Waals surface area contributed by atoms with Crippen molar-refractivity contribution in [1.82, 2.24) is 15.6 Å². The molecule has 0 aliphatic heterocycles. The number of benzene rings is 2. The lowest BCUT2D eigenvalue weighted by Gasteiger charge is -2.20. The number of carbonyl (C=O) groups excluding carboxylic acids is 2. The molecule has 1 heterocycles. The molecule has 0 fully saturated rings. The largest absolute Gasteiger partial charge is 0.444 e. The van der Waals surface area contributed by atoms with E-state index in [9.17, 15) is 9.59 Å². The topological polar surface area (TPSA) is 93.5 Å². The number of ether oxygens (including phenoxy) is 1. The normalized spacial score (nSPS) is 12.1. The van der Waals surface area contributed by atoms with Crippen LogP contribution in [-0.2, 0) is 4.74 Å². The number of carbonyl (C=O) groups is 2. The third-order valence-corrected chi connectivity index (χ3v) is 5.10. The number of nitrogens with one attached hydrogen (secondary N) is 2. The van der Waals surface area contributed by atoms with Gasteiger partial charge >= 0.3 is 6.09 Å². The van der Waals surface area contributed by atoms with E-state index < -0.39 is 17.7 Å². The monoisotopic (exact) mass is 513 g/mol. The zero-order valence-corrected chi connectivity index (χ0v) is 20.5. The lowest BCUT2D eigenvalue weighted by molar-refractivity contribution is 0.0525. The molecule has 2 N–H and O–H groups in total. The third-order valence-electron chi connectivity index (χ3n) is 4.61. The molecular formula is C25H28BrN3O4. The molecule has 0 saturated carbocycles. The molecule has 3 rings (SSSR count). The van der Waals surface area contributed by atoms with E-state index >= 15 is 0 Å². The molecule has 7 nitrogen and oxygen atoms in total. The van der Waals surface area contributed by atoms with E-state index in [1.54, 1.807) is 24.4 Å². The second-order valence-electron chi connectivity index (χ2n) is 8.54. The summed E-state index contributed by atoms with van der Waals surface area (Å²) >= 11 is 3.39. The van der Waals surface area contributed by atoms with Gasteiger partial charge in [0.05, 0.1) is 6.20 Å². The van der Waals surface area contributed by atoms with Crippen LogP contribution in [0.5, 0.6) is 0 Å². The van der Waals surface area contributed by atoms with Crippen LogP contribution in [0.1, 0.15) is 55.9 Å². The Balaban J connectivity index is 1.69. The summed E-state index contributed by atoms with van der Waals surface area (Å²) in [6, 6.07) is 16.3. The molecule has 2 aromatic carbocycles. The van der Waals surface area contributed by atoms with Crippen LogP contribution in [-0.4, -0.2) is 29.1 Å². The highest BCUT2D eigenvalue weighted by Crippen LogP contribution is 2.25. The summed E-state index contributed by atoms with van der Waals surface area (Å²) in [5, 5.41) is 5.75. The van der Waals surface area contributed by atoms with Crippen LogP contribution in [0.15, 0.2) is 69.7 Å². The summed E-state index contributed by atoms with van der Waals surface area (Å²) in [6.45, 7) is 5.83. The van der Waals surface area contributed by atoms with Gasteiger partial charge in [-0.2, -0.15) is 0 Å². The molecule has 0 aliphatic carbocycles. The molecule has 0 saturated heterocycles. The van der Waals surface area contributed by atoms with Gasteiger partial charge in [0.25, 0.3) is 5.91 Å². The van der Waals surface area contributed by atoms with Crippen molar-refractivity contribution in [3.8, 4) is 11.3 Å². The predicted octanol–water partition coefficient (Wildman–Crippen LogP) is 5.88. The molecule has 3 aromatic rings. The maximum atomic E-state index is 12.9. The fraction of sp³-hybridized carbons (Fsp3) is 0.320. The van der Waals surface area contributed by atoms with E-state index in [0.29, 0.717) is 36.6 Å². The van der Waals surface area contributed by atoms with Gasteiger partial charge in [-0.05, 0) is 51.8 Å². The van der Waals surface area contributed by atoms with Gasteiger partial charge in [-0.1, -0.05) is 52.3 Å². The van der Waals surface area contributed by atoms with Crippen LogP contribution in [0.3, 0.4) is 0 Å². The average molecular weight is 514 g/mol. The van der Waals surface area contributed by atoms with Crippen molar-refractivity contribution < 1.29 is 18.7 Å². The number of aromatic nitrogens is 1. The van der Waals surface area contributed by atoms with Gasteiger partial charge in [-0.3, -0.25) is 4.79 Å². The van der Waals surface area contributed by atoms with E-state index in [1.165, 1.54) is 0 Å². The Morgan fingerprint density at radius 3 is 2.58 bits per heavy atom. The molecule has 33 heavy (non-hydrogen) atoms.